The van der Waals surface area contributed by atoms with Crippen molar-refractivity contribution >= 4 is 16.7 Å². The van der Waals surface area contributed by atoms with Gasteiger partial charge in [-0.25, -0.2) is 4.98 Å². The van der Waals surface area contributed by atoms with Crippen molar-refractivity contribution in [3.05, 3.63) is 35.9 Å². The van der Waals surface area contributed by atoms with Crippen LogP contribution in [-0.4, -0.2) is 47.3 Å². The Morgan fingerprint density at radius 2 is 1.88 bits per heavy atom. The molecule has 24 heavy (non-hydrogen) atoms. The fourth-order valence-corrected chi connectivity index (χ4v) is 4.06. The lowest BCUT2D eigenvalue weighted by Crippen LogP contribution is -2.38. The van der Waals surface area contributed by atoms with E-state index in [1.54, 1.807) is 0 Å². The summed E-state index contributed by atoms with van der Waals surface area (Å²) >= 11 is 0. The second-order valence-corrected chi connectivity index (χ2v) is 7.24. The van der Waals surface area contributed by atoms with Gasteiger partial charge in [-0.05, 0) is 50.8 Å². The van der Waals surface area contributed by atoms with Gasteiger partial charge >= 0.3 is 0 Å². The van der Waals surface area contributed by atoms with Crippen molar-refractivity contribution in [3.8, 4) is 0 Å². The quantitative estimate of drug-likeness (QED) is 0.941. The number of pyridine rings is 1. The molecule has 2 aliphatic rings. The van der Waals surface area contributed by atoms with E-state index in [1.165, 1.54) is 30.2 Å². The van der Waals surface area contributed by atoms with Crippen LogP contribution in [0.5, 0.6) is 0 Å². The first-order chi connectivity index (χ1) is 11.8. The number of aliphatic hydroxyl groups is 1. The molecular weight excluding hydrogens is 298 g/mol. The summed E-state index contributed by atoms with van der Waals surface area (Å²) in [6, 6.07) is 10.7. The number of aromatic nitrogens is 1. The van der Waals surface area contributed by atoms with Gasteiger partial charge in [-0.2, -0.15) is 0 Å². The standard InChI is InChI=1S/C20H27N3O/c24-18-8-6-10-22(15-18)14-17-13-16-7-2-3-9-19(16)21-20(17)23-11-4-1-5-12-23/h2-3,7,9,13,18,24H,1,4-6,8,10-12,14-15H2. The van der Waals surface area contributed by atoms with E-state index < -0.39 is 0 Å². The highest BCUT2D eigenvalue weighted by atomic mass is 16.3. The fourth-order valence-electron chi connectivity index (χ4n) is 4.06. The topological polar surface area (TPSA) is 39.6 Å². The molecule has 0 bridgehead atoms. The van der Waals surface area contributed by atoms with E-state index in [4.69, 9.17) is 4.98 Å². The number of fused-ring (bicyclic) bond motifs is 1. The third-order valence-electron chi connectivity index (χ3n) is 5.31. The number of benzene rings is 1. The number of likely N-dealkylation sites (tertiary alicyclic amines) is 1. The Bertz CT molecular complexity index is 696. The maximum absolute atomic E-state index is 9.98. The van der Waals surface area contributed by atoms with E-state index in [1.807, 2.05) is 0 Å². The van der Waals surface area contributed by atoms with Crippen molar-refractivity contribution in [2.24, 2.45) is 0 Å². The van der Waals surface area contributed by atoms with Crippen LogP contribution in [0.1, 0.15) is 37.7 Å². The predicted octanol–water partition coefficient (Wildman–Crippen LogP) is 3.18. The monoisotopic (exact) mass is 325 g/mol. The molecule has 4 rings (SSSR count). The van der Waals surface area contributed by atoms with E-state index >= 15 is 0 Å². The van der Waals surface area contributed by atoms with Gasteiger partial charge in [0.05, 0.1) is 11.6 Å². The van der Waals surface area contributed by atoms with Crippen LogP contribution in [0, 0.1) is 0 Å². The number of aliphatic hydroxyl groups excluding tert-OH is 1. The summed E-state index contributed by atoms with van der Waals surface area (Å²) < 4.78 is 0. The number of anilines is 1. The maximum atomic E-state index is 9.98. The molecule has 1 atom stereocenters. The van der Waals surface area contributed by atoms with E-state index in [-0.39, 0.29) is 6.10 Å². The minimum absolute atomic E-state index is 0.175. The van der Waals surface area contributed by atoms with Crippen molar-refractivity contribution in [1.82, 2.24) is 9.88 Å². The van der Waals surface area contributed by atoms with Gasteiger partial charge in [0.15, 0.2) is 0 Å². The summed E-state index contributed by atoms with van der Waals surface area (Å²) in [6.45, 7) is 4.97. The van der Waals surface area contributed by atoms with E-state index in [2.05, 4.69) is 40.1 Å². The zero-order valence-electron chi connectivity index (χ0n) is 14.3. The lowest BCUT2D eigenvalue weighted by Gasteiger charge is -2.33. The number of rotatable bonds is 3. The summed E-state index contributed by atoms with van der Waals surface area (Å²) in [5, 5.41) is 11.2. The molecule has 4 heteroatoms. The van der Waals surface area contributed by atoms with Crippen LogP contribution in [0.4, 0.5) is 5.82 Å². The Labute approximate surface area is 144 Å². The van der Waals surface area contributed by atoms with E-state index in [0.717, 1.165) is 56.9 Å². The zero-order chi connectivity index (χ0) is 16.4. The molecular formula is C20H27N3O. The van der Waals surface area contributed by atoms with Gasteiger partial charge in [0.25, 0.3) is 0 Å². The maximum Gasteiger partial charge on any atom is 0.133 e. The lowest BCUT2D eigenvalue weighted by molar-refractivity contribution is 0.0668. The third kappa shape index (κ3) is 3.40. The Balaban J connectivity index is 1.67. The zero-order valence-corrected chi connectivity index (χ0v) is 14.3. The average molecular weight is 325 g/mol. The predicted molar refractivity (Wildman–Crippen MR) is 98.3 cm³/mol. The van der Waals surface area contributed by atoms with Gasteiger partial charge < -0.3 is 10.0 Å². The van der Waals surface area contributed by atoms with Gasteiger partial charge in [-0.3, -0.25) is 4.90 Å². The number of hydrogen-bond donors (Lipinski definition) is 1. The SMILES string of the molecule is OC1CCCN(Cc2cc3ccccc3nc2N2CCCCC2)C1. The molecule has 0 spiro atoms. The van der Waals surface area contributed by atoms with Crippen LogP contribution in [0.25, 0.3) is 10.9 Å². The highest BCUT2D eigenvalue weighted by Crippen LogP contribution is 2.28. The first-order valence-corrected chi connectivity index (χ1v) is 9.33. The number of nitrogens with zero attached hydrogens (tertiary/aromatic N) is 3. The van der Waals surface area contributed by atoms with Gasteiger partial charge in [-0.15, -0.1) is 0 Å². The molecule has 1 N–H and O–H groups in total. The van der Waals surface area contributed by atoms with Crippen molar-refractivity contribution in [2.75, 3.05) is 31.1 Å². The summed E-state index contributed by atoms with van der Waals surface area (Å²) in [6.07, 6.45) is 5.70. The Hall–Kier alpha value is -1.65. The highest BCUT2D eigenvalue weighted by molar-refractivity contribution is 5.81. The molecule has 1 unspecified atom stereocenters. The van der Waals surface area contributed by atoms with Gasteiger partial charge in [0.2, 0.25) is 0 Å². The third-order valence-corrected chi connectivity index (χ3v) is 5.31. The van der Waals surface area contributed by atoms with Crippen LogP contribution in [-0.2, 0) is 6.54 Å². The first-order valence-electron chi connectivity index (χ1n) is 9.33. The Kier molecular flexibility index (Phi) is 4.67. The lowest BCUT2D eigenvalue weighted by atomic mass is 10.1. The summed E-state index contributed by atoms with van der Waals surface area (Å²) in [5.74, 6) is 1.16. The van der Waals surface area contributed by atoms with Gasteiger partial charge in [-0.1, -0.05) is 18.2 Å². The summed E-state index contributed by atoms with van der Waals surface area (Å²) in [7, 11) is 0. The molecule has 0 aliphatic carbocycles. The molecule has 1 aromatic heterocycles. The molecule has 3 heterocycles. The second-order valence-electron chi connectivity index (χ2n) is 7.24. The molecule has 0 amide bonds. The summed E-state index contributed by atoms with van der Waals surface area (Å²) in [5.41, 5.74) is 2.39. The smallest absolute Gasteiger partial charge is 0.133 e. The van der Waals surface area contributed by atoms with Gasteiger partial charge in [0.1, 0.15) is 5.82 Å². The Morgan fingerprint density at radius 3 is 2.71 bits per heavy atom. The Morgan fingerprint density at radius 1 is 1.04 bits per heavy atom. The number of para-hydroxylation sites is 1. The van der Waals surface area contributed by atoms with Crippen LogP contribution < -0.4 is 4.90 Å². The van der Waals surface area contributed by atoms with Crippen molar-refractivity contribution in [3.63, 3.8) is 0 Å². The number of hydrogen-bond acceptors (Lipinski definition) is 4. The average Bonchev–Trinajstić information content (AvgIpc) is 2.62. The molecule has 128 valence electrons. The normalized spacial score (nSPS) is 22.9. The molecule has 1 aromatic carbocycles. The minimum Gasteiger partial charge on any atom is -0.392 e. The van der Waals surface area contributed by atoms with Gasteiger partial charge in [0, 0.05) is 37.1 Å². The van der Waals surface area contributed by atoms with E-state index in [9.17, 15) is 5.11 Å². The molecule has 2 fully saturated rings. The number of piperidine rings is 2. The van der Waals surface area contributed by atoms with Crippen molar-refractivity contribution < 1.29 is 5.11 Å². The second kappa shape index (κ2) is 7.08. The van der Waals surface area contributed by atoms with Crippen LogP contribution in [0.2, 0.25) is 0 Å². The molecule has 4 nitrogen and oxygen atoms in total. The largest absolute Gasteiger partial charge is 0.392 e. The van der Waals surface area contributed by atoms with Crippen LogP contribution >= 0.6 is 0 Å². The minimum atomic E-state index is -0.175. The van der Waals surface area contributed by atoms with Crippen molar-refractivity contribution in [1.29, 1.82) is 0 Å². The molecule has 2 saturated heterocycles. The molecule has 0 radical (unpaired) electrons. The van der Waals surface area contributed by atoms with E-state index in [0.29, 0.717) is 0 Å². The van der Waals surface area contributed by atoms with Crippen LogP contribution in [0.15, 0.2) is 30.3 Å². The molecule has 2 aromatic rings. The van der Waals surface area contributed by atoms with Crippen LogP contribution in [0.3, 0.4) is 0 Å². The highest BCUT2D eigenvalue weighted by Gasteiger charge is 2.22. The summed E-state index contributed by atoms with van der Waals surface area (Å²) in [4.78, 5) is 9.87. The fraction of sp³-hybridized carbons (Fsp3) is 0.550. The first kappa shape index (κ1) is 15.9. The van der Waals surface area contributed by atoms with Crippen molar-refractivity contribution in [2.45, 2.75) is 44.8 Å². The molecule has 0 saturated carbocycles. The molecule has 2 aliphatic heterocycles. The number of β-amino-alcohol motifs (C(OH)–C–C–N with tert-alkyl or cyclic N) is 1.